The largest absolute Gasteiger partial charge is 0.490 e. The van der Waals surface area contributed by atoms with E-state index in [2.05, 4.69) is 0 Å². The molecule has 0 amide bonds. The molecule has 0 fully saturated rings. The second-order valence-electron chi connectivity index (χ2n) is 4.59. The first kappa shape index (κ1) is 14.0. The van der Waals surface area contributed by atoms with Gasteiger partial charge in [-0.1, -0.05) is 18.2 Å². The first-order valence-electron chi connectivity index (χ1n) is 6.18. The molecule has 20 heavy (non-hydrogen) atoms. The zero-order valence-corrected chi connectivity index (χ0v) is 11.2. The molecule has 0 N–H and O–H groups in total. The van der Waals surface area contributed by atoms with Crippen molar-refractivity contribution in [2.24, 2.45) is 0 Å². The molecule has 0 aliphatic rings. The summed E-state index contributed by atoms with van der Waals surface area (Å²) in [7, 11) is 0. The maximum Gasteiger partial charge on any atom is 0.166 e. The quantitative estimate of drug-likeness (QED) is 0.835. The highest BCUT2D eigenvalue weighted by atomic mass is 19.2. The first-order chi connectivity index (χ1) is 9.52. The lowest BCUT2D eigenvalue weighted by Gasteiger charge is -2.13. The average Bonchev–Trinajstić information content (AvgIpc) is 2.41. The number of hydrogen-bond donors (Lipinski definition) is 0. The lowest BCUT2D eigenvalue weighted by Crippen LogP contribution is -2.07. The molecule has 0 spiro atoms. The molecule has 0 unspecified atom stereocenters. The van der Waals surface area contributed by atoms with Crippen molar-refractivity contribution in [2.75, 3.05) is 0 Å². The van der Waals surface area contributed by atoms with E-state index in [4.69, 9.17) is 10.00 Å². The minimum absolute atomic E-state index is 0.116. The molecule has 2 rings (SSSR count). The van der Waals surface area contributed by atoms with Gasteiger partial charge in [-0.05, 0) is 37.6 Å². The van der Waals surface area contributed by atoms with Gasteiger partial charge >= 0.3 is 0 Å². The lowest BCUT2D eigenvalue weighted by molar-refractivity contribution is 0.242. The number of hydrogen-bond acceptors (Lipinski definition) is 2. The van der Waals surface area contributed by atoms with Crippen LogP contribution in [0.1, 0.15) is 19.4 Å². The van der Waals surface area contributed by atoms with Gasteiger partial charge in [-0.3, -0.25) is 0 Å². The molecule has 0 saturated carbocycles. The number of halogens is 2. The summed E-state index contributed by atoms with van der Waals surface area (Å²) in [6.07, 6.45) is -0.116. The van der Waals surface area contributed by atoms with Gasteiger partial charge < -0.3 is 4.74 Å². The summed E-state index contributed by atoms with van der Waals surface area (Å²) < 4.78 is 32.6. The van der Waals surface area contributed by atoms with Crippen molar-refractivity contribution in [2.45, 2.75) is 20.0 Å². The standard InChI is InChI=1S/C16H13F2NO/c1-10(2)20-15-8-11(6-7-12(15)9-19)13-4-3-5-14(17)16(13)18/h3-8,10H,1-2H3. The maximum atomic E-state index is 13.8. The van der Waals surface area contributed by atoms with Crippen LogP contribution in [0.2, 0.25) is 0 Å². The molecule has 0 aliphatic carbocycles. The van der Waals surface area contributed by atoms with Gasteiger partial charge in [0.15, 0.2) is 11.6 Å². The molecule has 0 saturated heterocycles. The second-order valence-corrected chi connectivity index (χ2v) is 4.59. The first-order valence-corrected chi connectivity index (χ1v) is 6.18. The molecule has 0 atom stereocenters. The third kappa shape index (κ3) is 2.77. The van der Waals surface area contributed by atoms with E-state index < -0.39 is 11.6 Å². The van der Waals surface area contributed by atoms with Crippen LogP contribution in [-0.4, -0.2) is 6.10 Å². The number of nitrogens with zero attached hydrogens (tertiary/aromatic N) is 1. The fraction of sp³-hybridized carbons (Fsp3) is 0.188. The summed E-state index contributed by atoms with van der Waals surface area (Å²) in [5.41, 5.74) is 0.971. The Kier molecular flexibility index (Phi) is 3.99. The number of nitriles is 1. The summed E-state index contributed by atoms with van der Waals surface area (Å²) in [6, 6.07) is 10.7. The van der Waals surface area contributed by atoms with Crippen molar-refractivity contribution < 1.29 is 13.5 Å². The molecule has 2 aromatic carbocycles. The molecule has 0 bridgehead atoms. The molecular formula is C16H13F2NO. The summed E-state index contributed by atoms with van der Waals surface area (Å²) in [6.45, 7) is 3.66. The lowest BCUT2D eigenvalue weighted by atomic mass is 10.0. The topological polar surface area (TPSA) is 33.0 Å². The van der Waals surface area contributed by atoms with Gasteiger partial charge in [0.05, 0.1) is 11.7 Å². The van der Waals surface area contributed by atoms with Crippen LogP contribution in [0.25, 0.3) is 11.1 Å². The van der Waals surface area contributed by atoms with Crippen LogP contribution in [0.15, 0.2) is 36.4 Å². The minimum Gasteiger partial charge on any atom is -0.490 e. The van der Waals surface area contributed by atoms with Gasteiger partial charge in [0.1, 0.15) is 11.8 Å². The highest BCUT2D eigenvalue weighted by molar-refractivity contribution is 5.68. The zero-order chi connectivity index (χ0) is 14.7. The van der Waals surface area contributed by atoms with Crippen molar-refractivity contribution in [3.05, 3.63) is 53.6 Å². The third-order valence-corrected chi connectivity index (χ3v) is 2.73. The van der Waals surface area contributed by atoms with Gasteiger partial charge in [0, 0.05) is 5.56 Å². The van der Waals surface area contributed by atoms with E-state index in [-0.39, 0.29) is 11.7 Å². The van der Waals surface area contributed by atoms with Crippen LogP contribution in [0.5, 0.6) is 5.75 Å². The van der Waals surface area contributed by atoms with Crippen molar-refractivity contribution >= 4 is 0 Å². The van der Waals surface area contributed by atoms with E-state index in [1.807, 2.05) is 19.9 Å². The fourth-order valence-electron chi connectivity index (χ4n) is 1.86. The third-order valence-electron chi connectivity index (χ3n) is 2.73. The van der Waals surface area contributed by atoms with Crippen LogP contribution < -0.4 is 4.74 Å². The highest BCUT2D eigenvalue weighted by Gasteiger charge is 2.13. The summed E-state index contributed by atoms with van der Waals surface area (Å²) in [4.78, 5) is 0. The van der Waals surface area contributed by atoms with Gasteiger partial charge in [-0.25, -0.2) is 8.78 Å². The molecule has 0 heterocycles. The second kappa shape index (κ2) is 5.70. The van der Waals surface area contributed by atoms with E-state index in [1.54, 1.807) is 12.1 Å². The molecular weight excluding hydrogens is 260 g/mol. The van der Waals surface area contributed by atoms with Crippen LogP contribution >= 0.6 is 0 Å². The van der Waals surface area contributed by atoms with Gasteiger partial charge in [-0.2, -0.15) is 5.26 Å². The number of ether oxygens (including phenoxy) is 1. The highest BCUT2D eigenvalue weighted by Crippen LogP contribution is 2.30. The van der Waals surface area contributed by atoms with Crippen molar-refractivity contribution in [1.29, 1.82) is 5.26 Å². The Labute approximate surface area is 116 Å². The van der Waals surface area contributed by atoms with E-state index >= 15 is 0 Å². The molecule has 2 nitrogen and oxygen atoms in total. The predicted octanol–water partition coefficient (Wildman–Crippen LogP) is 4.29. The van der Waals surface area contributed by atoms with Crippen LogP contribution in [-0.2, 0) is 0 Å². The SMILES string of the molecule is CC(C)Oc1cc(-c2cccc(F)c2F)ccc1C#N. The molecule has 4 heteroatoms. The maximum absolute atomic E-state index is 13.8. The molecule has 0 aromatic heterocycles. The van der Waals surface area contributed by atoms with Gasteiger partial charge in [0.25, 0.3) is 0 Å². The Hall–Kier alpha value is -2.41. The monoisotopic (exact) mass is 273 g/mol. The Morgan fingerprint density at radius 2 is 1.90 bits per heavy atom. The Morgan fingerprint density at radius 3 is 2.55 bits per heavy atom. The number of benzene rings is 2. The normalized spacial score (nSPS) is 10.4. The zero-order valence-electron chi connectivity index (χ0n) is 11.2. The summed E-state index contributed by atoms with van der Waals surface area (Å²) in [5.74, 6) is -1.45. The van der Waals surface area contributed by atoms with Crippen LogP contribution in [0.4, 0.5) is 8.78 Å². The van der Waals surface area contributed by atoms with E-state index in [0.29, 0.717) is 16.9 Å². The minimum atomic E-state index is -0.910. The average molecular weight is 273 g/mol. The number of rotatable bonds is 3. The van der Waals surface area contributed by atoms with Crippen LogP contribution in [0, 0.1) is 23.0 Å². The van der Waals surface area contributed by atoms with Crippen molar-refractivity contribution in [3.63, 3.8) is 0 Å². The Bertz CT molecular complexity index is 675. The van der Waals surface area contributed by atoms with Crippen LogP contribution in [0.3, 0.4) is 0 Å². The smallest absolute Gasteiger partial charge is 0.166 e. The Morgan fingerprint density at radius 1 is 1.15 bits per heavy atom. The van der Waals surface area contributed by atoms with Crippen molar-refractivity contribution in [3.8, 4) is 22.9 Å². The Balaban J connectivity index is 2.53. The van der Waals surface area contributed by atoms with Crippen molar-refractivity contribution in [1.82, 2.24) is 0 Å². The van der Waals surface area contributed by atoms with E-state index in [1.165, 1.54) is 18.2 Å². The molecule has 0 radical (unpaired) electrons. The van der Waals surface area contributed by atoms with Gasteiger partial charge in [0.2, 0.25) is 0 Å². The summed E-state index contributed by atoms with van der Waals surface area (Å²) in [5, 5.41) is 9.03. The van der Waals surface area contributed by atoms with E-state index in [0.717, 1.165) is 6.07 Å². The summed E-state index contributed by atoms with van der Waals surface area (Å²) >= 11 is 0. The fourth-order valence-corrected chi connectivity index (χ4v) is 1.86. The van der Waals surface area contributed by atoms with Gasteiger partial charge in [-0.15, -0.1) is 0 Å². The molecule has 0 aliphatic heterocycles. The predicted molar refractivity (Wildman–Crippen MR) is 72.3 cm³/mol. The van der Waals surface area contributed by atoms with E-state index in [9.17, 15) is 8.78 Å². The molecule has 2 aromatic rings. The molecule has 102 valence electrons.